The summed E-state index contributed by atoms with van der Waals surface area (Å²) >= 11 is 3.38. The van der Waals surface area contributed by atoms with Crippen molar-refractivity contribution in [1.82, 2.24) is 9.62 Å². The molecule has 172 valence electrons. The standard InChI is InChI=1S/C24H23BrN2O5S/c1-17-2-9-21(10-3-17)33(29,30)27(14-18-4-7-20(25)8-5-18)15-24(28)26-13-19-6-11-22-23(12-19)32-16-31-22/h2-12H,13-16H2,1H3,(H,26,28). The molecular formula is C24H23BrN2O5S. The van der Waals surface area contributed by atoms with E-state index in [0.717, 1.165) is 21.2 Å². The minimum atomic E-state index is -3.89. The van der Waals surface area contributed by atoms with Crippen LogP contribution in [0.2, 0.25) is 0 Å². The lowest BCUT2D eigenvalue weighted by atomic mass is 10.2. The molecule has 0 aliphatic carbocycles. The lowest BCUT2D eigenvalue weighted by Gasteiger charge is -2.22. The third kappa shape index (κ3) is 5.73. The number of halogens is 1. The maximum atomic E-state index is 13.4. The maximum Gasteiger partial charge on any atom is 0.243 e. The average Bonchev–Trinajstić information content (AvgIpc) is 3.27. The number of nitrogens with one attached hydrogen (secondary N) is 1. The van der Waals surface area contributed by atoms with Crippen molar-refractivity contribution in [2.75, 3.05) is 13.3 Å². The normalized spacial score (nSPS) is 12.7. The molecule has 1 N–H and O–H groups in total. The average molecular weight is 531 g/mol. The molecule has 0 bridgehead atoms. The van der Waals surface area contributed by atoms with Gasteiger partial charge in [-0.05, 0) is 54.4 Å². The monoisotopic (exact) mass is 530 g/mol. The Balaban J connectivity index is 1.50. The Morgan fingerprint density at radius 3 is 2.36 bits per heavy atom. The van der Waals surface area contributed by atoms with Crippen molar-refractivity contribution in [1.29, 1.82) is 0 Å². The summed E-state index contributed by atoms with van der Waals surface area (Å²) in [6.45, 7) is 2.07. The van der Waals surface area contributed by atoms with Crippen LogP contribution in [0.1, 0.15) is 16.7 Å². The molecule has 0 aromatic heterocycles. The first-order valence-electron chi connectivity index (χ1n) is 10.3. The summed E-state index contributed by atoms with van der Waals surface area (Å²) in [5, 5.41) is 2.80. The van der Waals surface area contributed by atoms with E-state index in [4.69, 9.17) is 9.47 Å². The first-order chi connectivity index (χ1) is 15.8. The highest BCUT2D eigenvalue weighted by Crippen LogP contribution is 2.32. The number of benzene rings is 3. The molecule has 1 amide bonds. The van der Waals surface area contributed by atoms with Gasteiger partial charge in [-0.1, -0.05) is 51.8 Å². The third-order valence-electron chi connectivity index (χ3n) is 5.18. The van der Waals surface area contributed by atoms with E-state index < -0.39 is 15.9 Å². The molecule has 0 unspecified atom stereocenters. The summed E-state index contributed by atoms with van der Waals surface area (Å²) in [6.07, 6.45) is 0. The van der Waals surface area contributed by atoms with E-state index in [1.54, 1.807) is 36.4 Å². The molecule has 33 heavy (non-hydrogen) atoms. The summed E-state index contributed by atoms with van der Waals surface area (Å²) in [5.41, 5.74) is 2.56. The van der Waals surface area contributed by atoms with Crippen molar-refractivity contribution in [3.63, 3.8) is 0 Å². The number of carbonyl (C=O) groups is 1. The third-order valence-corrected chi connectivity index (χ3v) is 7.51. The molecule has 0 spiro atoms. The molecule has 0 radical (unpaired) electrons. The zero-order chi connectivity index (χ0) is 23.4. The number of amides is 1. The minimum absolute atomic E-state index is 0.0704. The highest BCUT2D eigenvalue weighted by molar-refractivity contribution is 9.10. The van der Waals surface area contributed by atoms with Gasteiger partial charge in [0.2, 0.25) is 22.7 Å². The lowest BCUT2D eigenvalue weighted by molar-refractivity contribution is -0.121. The summed E-state index contributed by atoms with van der Waals surface area (Å²) in [5.74, 6) is 0.885. The van der Waals surface area contributed by atoms with Crippen LogP contribution in [0.3, 0.4) is 0 Å². The number of carbonyl (C=O) groups excluding carboxylic acids is 1. The van der Waals surface area contributed by atoms with Gasteiger partial charge in [0, 0.05) is 17.6 Å². The molecule has 0 saturated heterocycles. The molecule has 3 aromatic rings. The van der Waals surface area contributed by atoms with E-state index in [-0.39, 0.29) is 31.3 Å². The van der Waals surface area contributed by atoms with Crippen LogP contribution in [-0.2, 0) is 27.9 Å². The van der Waals surface area contributed by atoms with Crippen LogP contribution in [0.25, 0.3) is 0 Å². The predicted molar refractivity (Wildman–Crippen MR) is 127 cm³/mol. The molecule has 0 saturated carbocycles. The van der Waals surface area contributed by atoms with E-state index in [2.05, 4.69) is 21.2 Å². The van der Waals surface area contributed by atoms with E-state index in [0.29, 0.717) is 11.5 Å². The first kappa shape index (κ1) is 23.3. The Kier molecular flexibility index (Phi) is 7.02. The van der Waals surface area contributed by atoms with Crippen LogP contribution >= 0.6 is 15.9 Å². The van der Waals surface area contributed by atoms with Gasteiger partial charge in [0.05, 0.1) is 11.4 Å². The predicted octanol–water partition coefficient (Wildman–Crippen LogP) is 3.99. The number of hydrogen-bond donors (Lipinski definition) is 1. The molecule has 0 atom stereocenters. The van der Waals surface area contributed by atoms with Crippen molar-refractivity contribution < 1.29 is 22.7 Å². The smallest absolute Gasteiger partial charge is 0.243 e. The molecule has 1 aliphatic rings. The van der Waals surface area contributed by atoms with Gasteiger partial charge in [0.25, 0.3) is 0 Å². The zero-order valence-electron chi connectivity index (χ0n) is 18.0. The van der Waals surface area contributed by atoms with Gasteiger partial charge in [-0.25, -0.2) is 8.42 Å². The van der Waals surface area contributed by atoms with Crippen molar-refractivity contribution in [2.45, 2.75) is 24.9 Å². The number of hydrogen-bond acceptors (Lipinski definition) is 5. The van der Waals surface area contributed by atoms with Crippen LogP contribution in [0.5, 0.6) is 11.5 Å². The molecule has 3 aromatic carbocycles. The number of fused-ring (bicyclic) bond motifs is 1. The van der Waals surface area contributed by atoms with Crippen LogP contribution in [-0.4, -0.2) is 32.0 Å². The van der Waals surface area contributed by atoms with Gasteiger partial charge in [0.1, 0.15) is 0 Å². The fraction of sp³-hybridized carbons (Fsp3) is 0.208. The fourth-order valence-corrected chi connectivity index (χ4v) is 4.99. The fourth-order valence-electron chi connectivity index (χ4n) is 3.35. The lowest BCUT2D eigenvalue weighted by Crippen LogP contribution is -2.40. The van der Waals surface area contributed by atoms with Crippen LogP contribution < -0.4 is 14.8 Å². The second kappa shape index (κ2) is 9.94. The quantitative estimate of drug-likeness (QED) is 0.475. The van der Waals surface area contributed by atoms with Crippen molar-refractivity contribution in [2.24, 2.45) is 0 Å². The van der Waals surface area contributed by atoms with Crippen molar-refractivity contribution >= 4 is 31.9 Å². The molecular weight excluding hydrogens is 508 g/mol. The Morgan fingerprint density at radius 2 is 1.64 bits per heavy atom. The summed E-state index contributed by atoms with van der Waals surface area (Å²) in [7, 11) is -3.89. The van der Waals surface area contributed by atoms with Gasteiger partial charge in [0.15, 0.2) is 11.5 Å². The Morgan fingerprint density at radius 1 is 0.970 bits per heavy atom. The largest absolute Gasteiger partial charge is 0.454 e. The number of aryl methyl sites for hydroxylation is 1. The van der Waals surface area contributed by atoms with E-state index in [1.165, 1.54) is 4.31 Å². The Hall–Kier alpha value is -2.88. The van der Waals surface area contributed by atoms with Crippen molar-refractivity contribution in [3.05, 3.63) is 87.9 Å². The summed E-state index contributed by atoms with van der Waals surface area (Å²) in [4.78, 5) is 12.9. The van der Waals surface area contributed by atoms with Crippen LogP contribution in [0, 0.1) is 6.92 Å². The number of sulfonamides is 1. The van der Waals surface area contributed by atoms with Crippen molar-refractivity contribution in [3.8, 4) is 11.5 Å². The Labute approximate surface area is 201 Å². The highest BCUT2D eigenvalue weighted by atomic mass is 79.9. The van der Waals surface area contributed by atoms with Gasteiger partial charge in [-0.3, -0.25) is 4.79 Å². The van der Waals surface area contributed by atoms with E-state index >= 15 is 0 Å². The van der Waals surface area contributed by atoms with E-state index in [9.17, 15) is 13.2 Å². The molecule has 9 heteroatoms. The Bertz CT molecular complexity index is 1240. The molecule has 4 rings (SSSR count). The van der Waals surface area contributed by atoms with Gasteiger partial charge < -0.3 is 14.8 Å². The topological polar surface area (TPSA) is 84.9 Å². The van der Waals surface area contributed by atoms with E-state index in [1.807, 2.05) is 37.3 Å². The maximum absolute atomic E-state index is 13.4. The minimum Gasteiger partial charge on any atom is -0.454 e. The van der Waals surface area contributed by atoms with Gasteiger partial charge in [-0.2, -0.15) is 4.31 Å². The van der Waals surface area contributed by atoms with Gasteiger partial charge >= 0.3 is 0 Å². The second-order valence-electron chi connectivity index (χ2n) is 7.68. The number of rotatable bonds is 8. The first-order valence-corrected chi connectivity index (χ1v) is 12.5. The van der Waals surface area contributed by atoms with Crippen LogP contribution in [0.15, 0.2) is 76.1 Å². The number of nitrogens with zero attached hydrogens (tertiary/aromatic N) is 1. The molecule has 1 aliphatic heterocycles. The highest BCUT2D eigenvalue weighted by Gasteiger charge is 2.27. The zero-order valence-corrected chi connectivity index (χ0v) is 20.4. The number of ether oxygens (including phenoxy) is 2. The van der Waals surface area contributed by atoms with Gasteiger partial charge in [-0.15, -0.1) is 0 Å². The molecule has 7 nitrogen and oxygen atoms in total. The second-order valence-corrected chi connectivity index (χ2v) is 10.5. The summed E-state index contributed by atoms with van der Waals surface area (Å²) < 4.78 is 39.5. The molecule has 0 fully saturated rings. The summed E-state index contributed by atoms with van der Waals surface area (Å²) in [6, 6.07) is 19.3. The SMILES string of the molecule is Cc1ccc(S(=O)(=O)N(CC(=O)NCc2ccc3c(c2)OCO3)Cc2ccc(Br)cc2)cc1. The molecule has 1 heterocycles. The van der Waals surface area contributed by atoms with Crippen LogP contribution in [0.4, 0.5) is 0 Å².